The minimum absolute atomic E-state index is 0.252. The maximum absolute atomic E-state index is 5.97. The lowest BCUT2D eigenvalue weighted by molar-refractivity contribution is 0.207. The van der Waals surface area contributed by atoms with Gasteiger partial charge in [0.15, 0.2) is 0 Å². The van der Waals surface area contributed by atoms with Gasteiger partial charge in [-0.15, -0.1) is 0 Å². The van der Waals surface area contributed by atoms with Crippen LogP contribution < -0.4 is 10.1 Å². The molecule has 1 atom stereocenters. The Bertz CT molecular complexity index is 347. The third-order valence-corrected chi connectivity index (χ3v) is 2.78. The SMILES string of the molecule is Cc1ccc(C)c(OC(C)CCNC(C)C)c1. The van der Waals surface area contributed by atoms with Gasteiger partial charge in [0.05, 0.1) is 6.10 Å². The summed E-state index contributed by atoms with van der Waals surface area (Å²) in [5.41, 5.74) is 2.46. The van der Waals surface area contributed by atoms with Crippen LogP contribution in [0.1, 0.15) is 38.3 Å². The first-order chi connectivity index (χ1) is 7.99. The van der Waals surface area contributed by atoms with E-state index in [1.165, 1.54) is 11.1 Å². The van der Waals surface area contributed by atoms with Gasteiger partial charge >= 0.3 is 0 Å². The first-order valence-electron chi connectivity index (χ1n) is 6.46. The van der Waals surface area contributed by atoms with E-state index >= 15 is 0 Å². The van der Waals surface area contributed by atoms with Crippen molar-refractivity contribution in [2.45, 2.75) is 53.2 Å². The average molecular weight is 235 g/mol. The van der Waals surface area contributed by atoms with Crippen LogP contribution in [0.15, 0.2) is 18.2 Å². The second-order valence-electron chi connectivity index (χ2n) is 5.09. The van der Waals surface area contributed by atoms with Crippen LogP contribution in [0.5, 0.6) is 5.75 Å². The van der Waals surface area contributed by atoms with E-state index in [-0.39, 0.29) is 6.10 Å². The topological polar surface area (TPSA) is 21.3 Å². The van der Waals surface area contributed by atoms with Gasteiger partial charge in [0, 0.05) is 6.04 Å². The summed E-state index contributed by atoms with van der Waals surface area (Å²) in [6.45, 7) is 11.6. The fraction of sp³-hybridized carbons (Fsp3) is 0.600. The second-order valence-corrected chi connectivity index (χ2v) is 5.09. The lowest BCUT2D eigenvalue weighted by Gasteiger charge is -2.18. The molecule has 0 radical (unpaired) electrons. The molecule has 1 unspecified atom stereocenters. The van der Waals surface area contributed by atoms with Crippen molar-refractivity contribution >= 4 is 0 Å². The van der Waals surface area contributed by atoms with E-state index in [4.69, 9.17) is 4.74 Å². The quantitative estimate of drug-likeness (QED) is 0.815. The van der Waals surface area contributed by atoms with Crippen LogP contribution in [0.2, 0.25) is 0 Å². The fourth-order valence-electron chi connectivity index (χ4n) is 1.69. The highest BCUT2D eigenvalue weighted by Crippen LogP contribution is 2.20. The predicted octanol–water partition coefficient (Wildman–Crippen LogP) is 3.46. The summed E-state index contributed by atoms with van der Waals surface area (Å²) in [6.07, 6.45) is 1.28. The van der Waals surface area contributed by atoms with Gasteiger partial charge in [-0.05, 0) is 50.9 Å². The summed E-state index contributed by atoms with van der Waals surface area (Å²) in [5, 5.41) is 3.41. The lowest BCUT2D eigenvalue weighted by Crippen LogP contribution is -2.27. The van der Waals surface area contributed by atoms with Gasteiger partial charge in [0.2, 0.25) is 0 Å². The molecule has 96 valence electrons. The van der Waals surface area contributed by atoms with Crippen LogP contribution in [0.3, 0.4) is 0 Å². The van der Waals surface area contributed by atoms with Crippen molar-refractivity contribution in [2.75, 3.05) is 6.54 Å². The molecule has 0 spiro atoms. The molecule has 1 rings (SSSR count). The molecule has 1 aromatic rings. The van der Waals surface area contributed by atoms with Gasteiger partial charge in [0.1, 0.15) is 5.75 Å². The molecule has 2 heteroatoms. The van der Waals surface area contributed by atoms with Gasteiger partial charge < -0.3 is 10.1 Å². The third kappa shape index (κ3) is 5.22. The standard InChI is InChI=1S/C15H25NO/c1-11(2)16-9-8-14(5)17-15-10-12(3)6-7-13(15)4/h6-7,10-11,14,16H,8-9H2,1-5H3. The Labute approximate surface area is 105 Å². The molecule has 0 fully saturated rings. The largest absolute Gasteiger partial charge is 0.490 e. The first-order valence-corrected chi connectivity index (χ1v) is 6.46. The molecule has 0 aliphatic heterocycles. The van der Waals surface area contributed by atoms with E-state index in [0.717, 1.165) is 18.7 Å². The second kappa shape index (κ2) is 6.65. The van der Waals surface area contributed by atoms with Crippen LogP contribution in [0.4, 0.5) is 0 Å². The maximum Gasteiger partial charge on any atom is 0.122 e. The normalized spacial score (nSPS) is 12.8. The van der Waals surface area contributed by atoms with E-state index < -0.39 is 0 Å². The summed E-state index contributed by atoms with van der Waals surface area (Å²) in [7, 11) is 0. The minimum Gasteiger partial charge on any atom is -0.490 e. The monoisotopic (exact) mass is 235 g/mol. The Balaban J connectivity index is 2.44. The Morgan fingerprint density at radius 3 is 2.53 bits per heavy atom. The van der Waals surface area contributed by atoms with E-state index in [0.29, 0.717) is 6.04 Å². The molecule has 1 N–H and O–H groups in total. The van der Waals surface area contributed by atoms with Gasteiger partial charge in [-0.1, -0.05) is 26.0 Å². The van der Waals surface area contributed by atoms with Crippen LogP contribution >= 0.6 is 0 Å². The Hall–Kier alpha value is -1.02. The van der Waals surface area contributed by atoms with Crippen LogP contribution in [0.25, 0.3) is 0 Å². The smallest absolute Gasteiger partial charge is 0.122 e. The Morgan fingerprint density at radius 1 is 1.18 bits per heavy atom. The zero-order valence-electron chi connectivity index (χ0n) is 11.7. The van der Waals surface area contributed by atoms with Crippen molar-refractivity contribution in [1.29, 1.82) is 0 Å². The summed E-state index contributed by atoms with van der Waals surface area (Å²) in [6, 6.07) is 6.89. The number of nitrogens with one attached hydrogen (secondary N) is 1. The van der Waals surface area contributed by atoms with Crippen molar-refractivity contribution in [3.63, 3.8) is 0 Å². The van der Waals surface area contributed by atoms with Crippen molar-refractivity contribution in [2.24, 2.45) is 0 Å². The van der Waals surface area contributed by atoms with Gasteiger partial charge in [-0.2, -0.15) is 0 Å². The molecular formula is C15H25NO. The number of rotatable bonds is 6. The molecule has 0 bridgehead atoms. The molecular weight excluding hydrogens is 210 g/mol. The Morgan fingerprint density at radius 2 is 1.88 bits per heavy atom. The maximum atomic E-state index is 5.97. The van der Waals surface area contributed by atoms with E-state index in [1.807, 2.05) is 0 Å². The number of hydrogen-bond donors (Lipinski definition) is 1. The highest BCUT2D eigenvalue weighted by Gasteiger charge is 2.06. The average Bonchev–Trinajstić information content (AvgIpc) is 2.23. The van der Waals surface area contributed by atoms with Crippen LogP contribution in [0, 0.1) is 13.8 Å². The molecule has 0 saturated heterocycles. The van der Waals surface area contributed by atoms with Crippen LogP contribution in [-0.4, -0.2) is 18.7 Å². The Kier molecular flexibility index (Phi) is 5.49. The van der Waals surface area contributed by atoms with Crippen molar-refractivity contribution < 1.29 is 4.74 Å². The predicted molar refractivity (Wildman–Crippen MR) is 73.8 cm³/mol. The third-order valence-electron chi connectivity index (χ3n) is 2.78. The summed E-state index contributed by atoms with van der Waals surface area (Å²) >= 11 is 0. The number of aryl methyl sites for hydroxylation is 2. The minimum atomic E-state index is 0.252. The number of benzene rings is 1. The van der Waals surface area contributed by atoms with Crippen LogP contribution in [-0.2, 0) is 0 Å². The van der Waals surface area contributed by atoms with E-state index in [1.54, 1.807) is 0 Å². The number of ether oxygens (including phenoxy) is 1. The molecule has 0 aromatic heterocycles. The van der Waals surface area contributed by atoms with Gasteiger partial charge in [0.25, 0.3) is 0 Å². The molecule has 0 amide bonds. The molecule has 1 aromatic carbocycles. The molecule has 0 aliphatic rings. The summed E-state index contributed by atoms with van der Waals surface area (Å²) in [5.74, 6) is 1.02. The van der Waals surface area contributed by atoms with Crippen molar-refractivity contribution in [3.8, 4) is 5.75 Å². The highest BCUT2D eigenvalue weighted by atomic mass is 16.5. The van der Waals surface area contributed by atoms with Gasteiger partial charge in [-0.25, -0.2) is 0 Å². The first kappa shape index (κ1) is 14.0. The van der Waals surface area contributed by atoms with Crippen molar-refractivity contribution in [1.82, 2.24) is 5.32 Å². The lowest BCUT2D eigenvalue weighted by atomic mass is 10.1. The fourth-order valence-corrected chi connectivity index (χ4v) is 1.69. The zero-order chi connectivity index (χ0) is 12.8. The molecule has 0 saturated carbocycles. The molecule has 0 heterocycles. The molecule has 2 nitrogen and oxygen atoms in total. The zero-order valence-corrected chi connectivity index (χ0v) is 11.7. The van der Waals surface area contributed by atoms with Crippen molar-refractivity contribution in [3.05, 3.63) is 29.3 Å². The van der Waals surface area contributed by atoms with Gasteiger partial charge in [-0.3, -0.25) is 0 Å². The summed E-state index contributed by atoms with van der Waals surface area (Å²) in [4.78, 5) is 0. The number of hydrogen-bond acceptors (Lipinski definition) is 2. The molecule has 0 aliphatic carbocycles. The molecule has 17 heavy (non-hydrogen) atoms. The highest BCUT2D eigenvalue weighted by molar-refractivity contribution is 5.36. The summed E-state index contributed by atoms with van der Waals surface area (Å²) < 4.78 is 5.97. The van der Waals surface area contributed by atoms with E-state index in [9.17, 15) is 0 Å². The van der Waals surface area contributed by atoms with E-state index in [2.05, 4.69) is 58.1 Å².